The fourth-order valence-electron chi connectivity index (χ4n) is 2.70. The molecule has 2 rings (SSSR count). The maximum atomic E-state index is 12.4. The van der Waals surface area contributed by atoms with Crippen LogP contribution in [0, 0.1) is 5.92 Å². The second-order valence-electron chi connectivity index (χ2n) is 5.77. The van der Waals surface area contributed by atoms with Gasteiger partial charge < -0.3 is 20.3 Å². The van der Waals surface area contributed by atoms with Gasteiger partial charge in [-0.2, -0.15) is 0 Å². The smallest absolute Gasteiger partial charge is 0.321 e. The molecule has 1 aliphatic rings. The number of hydrogen-bond donors (Lipinski definition) is 2. The fourth-order valence-corrected chi connectivity index (χ4v) is 2.70. The second kappa shape index (κ2) is 8.41. The van der Waals surface area contributed by atoms with Crippen LogP contribution in [0.25, 0.3) is 0 Å². The molecule has 126 valence electrons. The van der Waals surface area contributed by atoms with Gasteiger partial charge in [0.25, 0.3) is 0 Å². The first-order chi connectivity index (χ1) is 11.1. The van der Waals surface area contributed by atoms with Crippen molar-refractivity contribution in [1.82, 2.24) is 10.2 Å². The maximum absolute atomic E-state index is 12.4. The standard InChI is InChI=1S/C17H25N3O3/c1-3-16(21)18-11-13-6-5-9-20(12-13)17(22)19-14-7-4-8-15(10-14)23-2/h4,7-8,10,13H,3,5-6,9,11-12H2,1-2H3,(H,18,21)(H,19,22)/t13-/m1/s1. The van der Waals surface area contributed by atoms with Crippen molar-refractivity contribution >= 4 is 17.6 Å². The van der Waals surface area contributed by atoms with Crippen LogP contribution in [0.5, 0.6) is 5.75 Å². The molecule has 23 heavy (non-hydrogen) atoms. The first-order valence-electron chi connectivity index (χ1n) is 8.09. The second-order valence-corrected chi connectivity index (χ2v) is 5.77. The lowest BCUT2D eigenvalue weighted by atomic mass is 9.98. The predicted octanol–water partition coefficient (Wildman–Crippen LogP) is 2.47. The van der Waals surface area contributed by atoms with E-state index in [9.17, 15) is 9.59 Å². The summed E-state index contributed by atoms with van der Waals surface area (Å²) in [4.78, 5) is 25.6. The molecule has 1 saturated heterocycles. The van der Waals surface area contributed by atoms with Crippen molar-refractivity contribution in [3.63, 3.8) is 0 Å². The van der Waals surface area contributed by atoms with Crippen molar-refractivity contribution in [3.8, 4) is 5.75 Å². The number of nitrogens with one attached hydrogen (secondary N) is 2. The zero-order chi connectivity index (χ0) is 16.7. The quantitative estimate of drug-likeness (QED) is 0.876. The number of carbonyl (C=O) groups excluding carboxylic acids is 2. The van der Waals surface area contributed by atoms with Gasteiger partial charge in [-0.05, 0) is 30.9 Å². The Hall–Kier alpha value is -2.24. The van der Waals surface area contributed by atoms with Gasteiger partial charge in [0.1, 0.15) is 5.75 Å². The number of nitrogens with zero attached hydrogens (tertiary/aromatic N) is 1. The van der Waals surface area contributed by atoms with Crippen LogP contribution in [-0.4, -0.2) is 43.6 Å². The lowest BCUT2D eigenvalue weighted by Crippen LogP contribution is -2.45. The van der Waals surface area contributed by atoms with Crippen molar-refractivity contribution in [3.05, 3.63) is 24.3 Å². The van der Waals surface area contributed by atoms with Crippen LogP contribution in [0.3, 0.4) is 0 Å². The van der Waals surface area contributed by atoms with Gasteiger partial charge in [-0.15, -0.1) is 0 Å². The molecular formula is C17H25N3O3. The third kappa shape index (κ3) is 5.16. The Balaban J connectivity index is 1.87. The van der Waals surface area contributed by atoms with E-state index in [-0.39, 0.29) is 11.9 Å². The van der Waals surface area contributed by atoms with Gasteiger partial charge in [0.15, 0.2) is 0 Å². The van der Waals surface area contributed by atoms with Crippen LogP contribution >= 0.6 is 0 Å². The Kier molecular flexibility index (Phi) is 6.26. The van der Waals surface area contributed by atoms with E-state index in [0.29, 0.717) is 31.2 Å². The number of rotatable bonds is 5. The van der Waals surface area contributed by atoms with E-state index in [4.69, 9.17) is 4.74 Å². The third-order valence-electron chi connectivity index (χ3n) is 4.04. The van der Waals surface area contributed by atoms with Gasteiger partial charge in [-0.25, -0.2) is 4.79 Å². The average molecular weight is 319 g/mol. The Labute approximate surface area is 137 Å². The summed E-state index contributed by atoms with van der Waals surface area (Å²) >= 11 is 0. The summed E-state index contributed by atoms with van der Waals surface area (Å²) in [6.07, 6.45) is 2.48. The van der Waals surface area contributed by atoms with E-state index in [0.717, 1.165) is 25.1 Å². The highest BCUT2D eigenvalue weighted by molar-refractivity contribution is 5.89. The van der Waals surface area contributed by atoms with Crippen molar-refractivity contribution in [2.45, 2.75) is 26.2 Å². The molecule has 1 aromatic carbocycles. The zero-order valence-electron chi connectivity index (χ0n) is 13.8. The van der Waals surface area contributed by atoms with Crippen molar-refractivity contribution in [2.24, 2.45) is 5.92 Å². The molecule has 0 unspecified atom stereocenters. The molecule has 3 amide bonds. The minimum Gasteiger partial charge on any atom is -0.497 e. The highest BCUT2D eigenvalue weighted by atomic mass is 16.5. The van der Waals surface area contributed by atoms with Crippen molar-refractivity contribution in [1.29, 1.82) is 0 Å². The molecule has 0 aliphatic carbocycles. The lowest BCUT2D eigenvalue weighted by molar-refractivity contribution is -0.121. The predicted molar refractivity (Wildman–Crippen MR) is 89.6 cm³/mol. The Morgan fingerprint density at radius 2 is 2.22 bits per heavy atom. The molecule has 0 aromatic heterocycles. The van der Waals surface area contributed by atoms with Crippen LogP contribution in [0.15, 0.2) is 24.3 Å². The fraction of sp³-hybridized carbons (Fsp3) is 0.529. The van der Waals surface area contributed by atoms with Crippen LogP contribution in [-0.2, 0) is 4.79 Å². The molecule has 0 bridgehead atoms. The minimum atomic E-state index is -0.107. The molecule has 1 fully saturated rings. The first kappa shape index (κ1) is 17.1. The number of ether oxygens (including phenoxy) is 1. The Morgan fingerprint density at radius 1 is 1.39 bits per heavy atom. The van der Waals surface area contributed by atoms with Crippen LogP contribution in [0.1, 0.15) is 26.2 Å². The molecule has 1 atom stereocenters. The number of methoxy groups -OCH3 is 1. The van der Waals surface area contributed by atoms with Gasteiger partial charge in [0.2, 0.25) is 5.91 Å². The summed E-state index contributed by atoms with van der Waals surface area (Å²) in [6.45, 7) is 3.88. The monoisotopic (exact) mass is 319 g/mol. The number of carbonyl (C=O) groups is 2. The molecule has 2 N–H and O–H groups in total. The van der Waals surface area contributed by atoms with E-state index in [1.54, 1.807) is 13.2 Å². The van der Waals surface area contributed by atoms with Crippen LogP contribution in [0.4, 0.5) is 10.5 Å². The maximum Gasteiger partial charge on any atom is 0.321 e. The normalized spacial score (nSPS) is 17.5. The topological polar surface area (TPSA) is 70.7 Å². The zero-order valence-corrected chi connectivity index (χ0v) is 13.8. The Bertz CT molecular complexity index is 548. The van der Waals surface area contributed by atoms with Crippen molar-refractivity contribution in [2.75, 3.05) is 32.1 Å². The van der Waals surface area contributed by atoms with E-state index in [1.807, 2.05) is 30.0 Å². The number of amides is 3. The van der Waals surface area contributed by atoms with Crippen LogP contribution < -0.4 is 15.4 Å². The number of benzene rings is 1. The largest absolute Gasteiger partial charge is 0.497 e. The summed E-state index contributed by atoms with van der Waals surface area (Å²) in [6, 6.07) is 7.20. The van der Waals surface area contributed by atoms with Gasteiger partial charge in [-0.3, -0.25) is 4.79 Å². The lowest BCUT2D eigenvalue weighted by Gasteiger charge is -2.32. The van der Waals surface area contributed by atoms with Gasteiger partial charge >= 0.3 is 6.03 Å². The molecule has 0 saturated carbocycles. The molecule has 6 heteroatoms. The molecule has 1 aromatic rings. The summed E-state index contributed by atoms with van der Waals surface area (Å²) in [7, 11) is 1.60. The van der Waals surface area contributed by atoms with E-state index >= 15 is 0 Å². The van der Waals surface area contributed by atoms with E-state index in [1.165, 1.54) is 0 Å². The number of hydrogen-bond acceptors (Lipinski definition) is 3. The summed E-state index contributed by atoms with van der Waals surface area (Å²) < 4.78 is 5.16. The molecule has 1 aliphatic heterocycles. The SMILES string of the molecule is CCC(=O)NC[C@H]1CCCN(C(=O)Nc2cccc(OC)c2)C1. The Morgan fingerprint density at radius 3 is 2.96 bits per heavy atom. The van der Waals surface area contributed by atoms with E-state index in [2.05, 4.69) is 10.6 Å². The van der Waals surface area contributed by atoms with Gasteiger partial charge in [0, 0.05) is 37.8 Å². The molecule has 0 spiro atoms. The molecule has 6 nitrogen and oxygen atoms in total. The average Bonchev–Trinajstić information content (AvgIpc) is 2.60. The molecule has 0 radical (unpaired) electrons. The third-order valence-corrected chi connectivity index (χ3v) is 4.04. The molecule has 1 heterocycles. The van der Waals surface area contributed by atoms with E-state index < -0.39 is 0 Å². The number of piperidine rings is 1. The number of likely N-dealkylation sites (tertiary alicyclic amines) is 1. The van der Waals surface area contributed by atoms with Crippen LogP contribution in [0.2, 0.25) is 0 Å². The number of urea groups is 1. The first-order valence-corrected chi connectivity index (χ1v) is 8.09. The van der Waals surface area contributed by atoms with Gasteiger partial charge in [-0.1, -0.05) is 13.0 Å². The van der Waals surface area contributed by atoms with Crippen molar-refractivity contribution < 1.29 is 14.3 Å². The number of anilines is 1. The van der Waals surface area contributed by atoms with Gasteiger partial charge in [0.05, 0.1) is 7.11 Å². The summed E-state index contributed by atoms with van der Waals surface area (Å²) in [5, 5.41) is 5.82. The highest BCUT2D eigenvalue weighted by Crippen LogP contribution is 2.20. The minimum absolute atomic E-state index is 0.0583. The summed E-state index contributed by atoms with van der Waals surface area (Å²) in [5.74, 6) is 1.08. The molecular weight excluding hydrogens is 294 g/mol. The highest BCUT2D eigenvalue weighted by Gasteiger charge is 2.24. The summed E-state index contributed by atoms with van der Waals surface area (Å²) in [5.41, 5.74) is 0.718.